The Morgan fingerprint density at radius 1 is 0.842 bits per heavy atom. The quantitative estimate of drug-likeness (QED) is 0.377. The highest BCUT2D eigenvalue weighted by atomic mass is 15.4. The molecule has 2 nitrogen and oxygen atoms in total. The largest absolute Gasteiger partial charge is 0.282 e. The number of amidine groups is 1. The zero-order valence-electron chi connectivity index (χ0n) is 13.6. The van der Waals surface area contributed by atoms with Gasteiger partial charge in [0.05, 0.1) is 20.6 Å². The zero-order chi connectivity index (χ0) is 14.0. The fraction of sp³-hybridized carbons (Fsp3) is 0.941. The lowest BCUT2D eigenvalue weighted by Crippen LogP contribution is -2.42. The molecule has 0 atom stereocenters. The SMILES string of the molecule is CCCCCCCCCCCCC1=NCC[N+]1(C)C. The summed E-state index contributed by atoms with van der Waals surface area (Å²) in [6.45, 7) is 4.53. The molecule has 1 heterocycles. The van der Waals surface area contributed by atoms with Crippen molar-refractivity contribution < 1.29 is 4.48 Å². The van der Waals surface area contributed by atoms with Crippen LogP contribution < -0.4 is 0 Å². The lowest BCUT2D eigenvalue weighted by atomic mass is 10.1. The van der Waals surface area contributed by atoms with Crippen molar-refractivity contribution in [3.05, 3.63) is 0 Å². The summed E-state index contributed by atoms with van der Waals surface area (Å²) < 4.78 is 1.04. The van der Waals surface area contributed by atoms with Crippen LogP contribution in [0, 0.1) is 0 Å². The van der Waals surface area contributed by atoms with E-state index in [1.54, 1.807) is 0 Å². The first kappa shape index (κ1) is 16.7. The van der Waals surface area contributed by atoms with Crippen molar-refractivity contribution in [3.63, 3.8) is 0 Å². The molecule has 112 valence electrons. The minimum Gasteiger partial charge on any atom is -0.282 e. The molecule has 0 saturated heterocycles. The number of rotatable bonds is 11. The molecule has 1 aliphatic heterocycles. The van der Waals surface area contributed by atoms with Gasteiger partial charge in [-0.25, -0.2) is 4.99 Å². The summed E-state index contributed by atoms with van der Waals surface area (Å²) in [6, 6.07) is 0. The van der Waals surface area contributed by atoms with E-state index in [2.05, 4.69) is 26.0 Å². The molecule has 0 aromatic carbocycles. The van der Waals surface area contributed by atoms with Crippen LogP contribution in [0.1, 0.15) is 77.6 Å². The highest BCUT2D eigenvalue weighted by Crippen LogP contribution is 2.16. The van der Waals surface area contributed by atoms with Crippen LogP contribution in [-0.2, 0) is 0 Å². The number of unbranched alkanes of at least 4 members (excludes halogenated alkanes) is 9. The molecule has 0 aromatic heterocycles. The predicted octanol–water partition coefficient (Wildman–Crippen LogP) is 4.79. The Hall–Kier alpha value is -0.370. The lowest BCUT2D eigenvalue weighted by Gasteiger charge is -2.24. The fourth-order valence-corrected chi connectivity index (χ4v) is 2.90. The average molecular weight is 267 g/mol. The van der Waals surface area contributed by atoms with Crippen LogP contribution >= 0.6 is 0 Å². The maximum atomic E-state index is 4.65. The fourth-order valence-electron chi connectivity index (χ4n) is 2.90. The van der Waals surface area contributed by atoms with Crippen LogP contribution in [0.25, 0.3) is 0 Å². The van der Waals surface area contributed by atoms with E-state index in [0.29, 0.717) is 0 Å². The molecule has 2 heteroatoms. The topological polar surface area (TPSA) is 12.4 Å². The molecule has 0 N–H and O–H groups in total. The first-order valence-corrected chi connectivity index (χ1v) is 8.53. The van der Waals surface area contributed by atoms with Crippen LogP contribution in [0.4, 0.5) is 0 Å². The van der Waals surface area contributed by atoms with E-state index < -0.39 is 0 Å². The van der Waals surface area contributed by atoms with Crippen molar-refractivity contribution in [2.75, 3.05) is 27.2 Å². The Kier molecular flexibility index (Phi) is 8.36. The van der Waals surface area contributed by atoms with Crippen molar-refractivity contribution in [1.82, 2.24) is 0 Å². The second-order valence-corrected chi connectivity index (χ2v) is 6.64. The normalized spacial score (nSPS) is 17.7. The minimum atomic E-state index is 1.04. The third kappa shape index (κ3) is 7.10. The Morgan fingerprint density at radius 2 is 1.37 bits per heavy atom. The van der Waals surface area contributed by atoms with Gasteiger partial charge in [-0.3, -0.25) is 4.48 Å². The molecule has 1 rings (SSSR count). The maximum Gasteiger partial charge on any atom is 0.197 e. The van der Waals surface area contributed by atoms with E-state index in [9.17, 15) is 0 Å². The molecule has 0 fully saturated rings. The average Bonchev–Trinajstić information content (AvgIpc) is 2.71. The maximum absolute atomic E-state index is 4.65. The number of quaternary nitrogens is 1. The summed E-state index contributed by atoms with van der Waals surface area (Å²) in [5, 5.41) is 0. The second kappa shape index (κ2) is 9.52. The standard InChI is InChI=1S/C17H35N2/c1-4-5-6-7-8-9-10-11-12-13-14-17-18-15-16-19(17,2)3/h4-16H2,1-3H3/q+1. The first-order chi connectivity index (χ1) is 9.17. The molecule has 0 spiro atoms. The van der Waals surface area contributed by atoms with Gasteiger partial charge in [-0.05, 0) is 6.42 Å². The van der Waals surface area contributed by atoms with Gasteiger partial charge in [0.1, 0.15) is 6.54 Å². The highest BCUT2D eigenvalue weighted by molar-refractivity contribution is 5.76. The van der Waals surface area contributed by atoms with Gasteiger partial charge in [-0.1, -0.05) is 64.7 Å². The van der Waals surface area contributed by atoms with Crippen molar-refractivity contribution >= 4 is 5.84 Å². The van der Waals surface area contributed by atoms with Crippen LogP contribution in [0.2, 0.25) is 0 Å². The Labute approximate surface area is 120 Å². The van der Waals surface area contributed by atoms with Gasteiger partial charge in [-0.2, -0.15) is 0 Å². The third-order valence-electron chi connectivity index (χ3n) is 4.41. The van der Waals surface area contributed by atoms with Crippen LogP contribution in [0.5, 0.6) is 0 Å². The molecule has 0 amide bonds. The van der Waals surface area contributed by atoms with Gasteiger partial charge in [-0.15, -0.1) is 0 Å². The molecular weight excluding hydrogens is 232 g/mol. The van der Waals surface area contributed by atoms with E-state index >= 15 is 0 Å². The number of nitrogens with zero attached hydrogens (tertiary/aromatic N) is 2. The molecule has 0 saturated carbocycles. The summed E-state index contributed by atoms with van der Waals surface area (Å²) in [5.74, 6) is 1.43. The Balaban J connectivity index is 1.87. The van der Waals surface area contributed by atoms with E-state index in [4.69, 9.17) is 0 Å². The number of aliphatic imine (C=N–C) groups is 1. The van der Waals surface area contributed by atoms with Crippen LogP contribution in [-0.4, -0.2) is 37.5 Å². The van der Waals surface area contributed by atoms with Crippen molar-refractivity contribution in [2.24, 2.45) is 4.99 Å². The predicted molar refractivity (Wildman–Crippen MR) is 85.7 cm³/mol. The molecule has 19 heavy (non-hydrogen) atoms. The molecule has 0 bridgehead atoms. The van der Waals surface area contributed by atoms with E-state index in [1.165, 1.54) is 83.0 Å². The van der Waals surface area contributed by atoms with Gasteiger partial charge < -0.3 is 0 Å². The number of hydrogen-bond donors (Lipinski definition) is 0. The smallest absolute Gasteiger partial charge is 0.197 e. The number of hydrogen-bond acceptors (Lipinski definition) is 1. The molecule has 0 aliphatic carbocycles. The van der Waals surface area contributed by atoms with Crippen LogP contribution in [0.3, 0.4) is 0 Å². The Morgan fingerprint density at radius 3 is 1.84 bits per heavy atom. The molecule has 1 aliphatic rings. The van der Waals surface area contributed by atoms with Crippen molar-refractivity contribution in [3.8, 4) is 0 Å². The van der Waals surface area contributed by atoms with Crippen molar-refractivity contribution in [1.29, 1.82) is 0 Å². The highest BCUT2D eigenvalue weighted by Gasteiger charge is 2.27. The van der Waals surface area contributed by atoms with Gasteiger partial charge in [0, 0.05) is 6.42 Å². The van der Waals surface area contributed by atoms with E-state index in [0.717, 1.165) is 11.0 Å². The Bertz CT molecular complexity index is 256. The van der Waals surface area contributed by atoms with Crippen LogP contribution in [0.15, 0.2) is 4.99 Å². The second-order valence-electron chi connectivity index (χ2n) is 6.64. The van der Waals surface area contributed by atoms with Crippen molar-refractivity contribution in [2.45, 2.75) is 77.6 Å². The van der Waals surface area contributed by atoms with Gasteiger partial charge >= 0.3 is 0 Å². The first-order valence-electron chi connectivity index (χ1n) is 8.53. The molecule has 0 radical (unpaired) electrons. The van der Waals surface area contributed by atoms with E-state index in [-0.39, 0.29) is 0 Å². The monoisotopic (exact) mass is 267 g/mol. The summed E-state index contributed by atoms with van der Waals surface area (Å²) >= 11 is 0. The van der Waals surface area contributed by atoms with Gasteiger partial charge in [0.15, 0.2) is 5.84 Å². The minimum absolute atomic E-state index is 1.04. The summed E-state index contributed by atoms with van der Waals surface area (Å²) in [5.41, 5.74) is 0. The molecule has 0 unspecified atom stereocenters. The zero-order valence-corrected chi connectivity index (χ0v) is 13.6. The third-order valence-corrected chi connectivity index (χ3v) is 4.41. The molecule has 0 aromatic rings. The lowest BCUT2D eigenvalue weighted by molar-refractivity contribution is -0.793. The summed E-state index contributed by atoms with van der Waals surface area (Å²) in [6.07, 6.45) is 15.4. The number of likely N-dealkylation sites (N-methyl/N-ethyl adjacent to an activating group) is 1. The van der Waals surface area contributed by atoms with Gasteiger partial charge in [0.2, 0.25) is 0 Å². The molecular formula is C17H35N2+. The summed E-state index contributed by atoms with van der Waals surface area (Å²) in [7, 11) is 4.59. The van der Waals surface area contributed by atoms with Gasteiger partial charge in [0.25, 0.3) is 0 Å². The summed E-state index contributed by atoms with van der Waals surface area (Å²) in [4.78, 5) is 4.65. The van der Waals surface area contributed by atoms with E-state index in [1.807, 2.05) is 0 Å².